The zero-order chi connectivity index (χ0) is 23.7. The standard InChI is InChI=1S/C24H27N7O3/c1-30(23(34)10-15-5-6-16-12-22(33)25-20(16)9-15)21(14-31-8-7-19(32)13-31)17-3-2-4-18(11-17)24-26-28-29-27-24/h2-6,9,11,19,21,32H,7-8,10,12-14H2,1H3,(H,25,33)(H,26,27,28,29)/t19-,21+/m0/s1. The van der Waals surface area contributed by atoms with Gasteiger partial charge in [0.2, 0.25) is 17.6 Å². The highest BCUT2D eigenvalue weighted by Gasteiger charge is 2.29. The number of aromatic amines is 1. The van der Waals surface area contributed by atoms with Crippen LogP contribution in [0.1, 0.15) is 29.2 Å². The van der Waals surface area contributed by atoms with E-state index in [1.54, 1.807) is 4.90 Å². The molecule has 0 radical (unpaired) electrons. The van der Waals surface area contributed by atoms with Gasteiger partial charge in [-0.05, 0) is 40.5 Å². The molecule has 1 fully saturated rings. The predicted octanol–water partition coefficient (Wildman–Crippen LogP) is 1.17. The number of hydrogen-bond donors (Lipinski definition) is 3. The fraction of sp³-hybridized carbons (Fsp3) is 0.375. The molecule has 2 atom stereocenters. The Labute approximate surface area is 197 Å². The van der Waals surface area contributed by atoms with E-state index in [-0.39, 0.29) is 30.4 Å². The normalized spacial score (nSPS) is 18.5. The number of H-pyrrole nitrogens is 1. The number of aliphatic hydroxyl groups excluding tert-OH is 1. The van der Waals surface area contributed by atoms with Crippen LogP contribution < -0.4 is 5.32 Å². The van der Waals surface area contributed by atoms with Gasteiger partial charge in [-0.3, -0.25) is 14.5 Å². The van der Waals surface area contributed by atoms with Gasteiger partial charge < -0.3 is 15.3 Å². The Kier molecular flexibility index (Phi) is 6.08. The number of tetrazole rings is 1. The van der Waals surface area contributed by atoms with Crippen LogP contribution in [0.15, 0.2) is 42.5 Å². The summed E-state index contributed by atoms with van der Waals surface area (Å²) >= 11 is 0. The summed E-state index contributed by atoms with van der Waals surface area (Å²) in [5, 5.41) is 27.1. The number of nitrogens with zero attached hydrogens (tertiary/aromatic N) is 5. The molecule has 3 N–H and O–H groups in total. The number of hydrogen-bond acceptors (Lipinski definition) is 7. The number of anilines is 1. The first-order valence-electron chi connectivity index (χ1n) is 11.4. The fourth-order valence-electron chi connectivity index (χ4n) is 4.69. The first-order chi connectivity index (χ1) is 16.5. The molecule has 0 bridgehead atoms. The number of fused-ring (bicyclic) bond motifs is 1. The van der Waals surface area contributed by atoms with Crippen molar-refractivity contribution in [2.24, 2.45) is 0 Å². The first-order valence-corrected chi connectivity index (χ1v) is 11.4. The smallest absolute Gasteiger partial charge is 0.228 e. The number of likely N-dealkylation sites (N-methyl/N-ethyl adjacent to an activating group) is 1. The highest BCUT2D eigenvalue weighted by molar-refractivity contribution is 5.99. The van der Waals surface area contributed by atoms with Gasteiger partial charge in [0, 0.05) is 37.9 Å². The molecule has 2 aliphatic rings. The molecule has 0 aliphatic carbocycles. The van der Waals surface area contributed by atoms with Crippen LogP contribution in [0.4, 0.5) is 5.69 Å². The van der Waals surface area contributed by atoms with E-state index >= 15 is 0 Å². The highest BCUT2D eigenvalue weighted by atomic mass is 16.3. The van der Waals surface area contributed by atoms with Crippen LogP contribution >= 0.6 is 0 Å². The summed E-state index contributed by atoms with van der Waals surface area (Å²) < 4.78 is 0. The number of amides is 2. The zero-order valence-electron chi connectivity index (χ0n) is 18.9. The maximum atomic E-state index is 13.4. The minimum Gasteiger partial charge on any atom is -0.392 e. The summed E-state index contributed by atoms with van der Waals surface area (Å²) in [7, 11) is 1.82. The van der Waals surface area contributed by atoms with Gasteiger partial charge in [-0.15, -0.1) is 10.2 Å². The van der Waals surface area contributed by atoms with E-state index in [1.165, 1.54) is 0 Å². The molecule has 3 aromatic rings. The van der Waals surface area contributed by atoms with Crippen LogP contribution in [0, 0.1) is 0 Å². The number of aliphatic hydroxyl groups is 1. The average Bonchev–Trinajstić information content (AvgIpc) is 3.57. The van der Waals surface area contributed by atoms with E-state index in [0.717, 1.165) is 40.9 Å². The summed E-state index contributed by atoms with van der Waals surface area (Å²) in [5.74, 6) is 0.440. The monoisotopic (exact) mass is 461 g/mol. The lowest BCUT2D eigenvalue weighted by molar-refractivity contribution is -0.131. The second kappa shape index (κ2) is 9.32. The molecule has 176 valence electrons. The van der Waals surface area contributed by atoms with E-state index in [2.05, 4.69) is 30.8 Å². The lowest BCUT2D eigenvalue weighted by Gasteiger charge is -2.32. The molecule has 2 amide bonds. The molecule has 10 nitrogen and oxygen atoms in total. The molecule has 0 unspecified atom stereocenters. The summed E-state index contributed by atoms with van der Waals surface area (Å²) in [6.45, 7) is 1.98. The van der Waals surface area contributed by atoms with Crippen molar-refractivity contribution in [3.8, 4) is 11.4 Å². The Bertz CT molecular complexity index is 1200. The minimum absolute atomic E-state index is 0.0232. The number of β-amino-alcohol motifs (C(OH)–C–C–N with tert-alkyl or cyclic N) is 1. The van der Waals surface area contributed by atoms with Crippen molar-refractivity contribution in [2.75, 3.05) is 32.0 Å². The molecule has 3 heterocycles. The van der Waals surface area contributed by atoms with Crippen molar-refractivity contribution in [3.63, 3.8) is 0 Å². The molecule has 0 saturated carbocycles. The van der Waals surface area contributed by atoms with Crippen LogP contribution in [0.3, 0.4) is 0 Å². The predicted molar refractivity (Wildman–Crippen MR) is 125 cm³/mol. The number of likely N-dealkylation sites (tertiary alicyclic amines) is 1. The molecule has 5 rings (SSSR count). The Morgan fingerprint density at radius 3 is 2.94 bits per heavy atom. The van der Waals surface area contributed by atoms with Crippen molar-refractivity contribution in [1.29, 1.82) is 0 Å². The van der Waals surface area contributed by atoms with Gasteiger partial charge in [-0.2, -0.15) is 5.21 Å². The van der Waals surface area contributed by atoms with Crippen molar-refractivity contribution in [3.05, 3.63) is 59.2 Å². The molecule has 34 heavy (non-hydrogen) atoms. The van der Waals surface area contributed by atoms with Gasteiger partial charge in [-0.1, -0.05) is 30.3 Å². The zero-order valence-corrected chi connectivity index (χ0v) is 18.9. The molecular weight excluding hydrogens is 434 g/mol. The number of carbonyl (C=O) groups excluding carboxylic acids is 2. The third kappa shape index (κ3) is 4.68. The van der Waals surface area contributed by atoms with Crippen molar-refractivity contribution in [2.45, 2.75) is 31.4 Å². The van der Waals surface area contributed by atoms with E-state index in [9.17, 15) is 14.7 Å². The van der Waals surface area contributed by atoms with E-state index in [4.69, 9.17) is 0 Å². The highest BCUT2D eigenvalue weighted by Crippen LogP contribution is 2.28. The lowest BCUT2D eigenvalue weighted by atomic mass is 10.0. The number of aromatic nitrogens is 4. The number of carbonyl (C=O) groups is 2. The van der Waals surface area contributed by atoms with Crippen LogP contribution in [0.5, 0.6) is 0 Å². The number of benzene rings is 2. The van der Waals surface area contributed by atoms with E-state index in [0.29, 0.717) is 25.3 Å². The van der Waals surface area contributed by atoms with Gasteiger partial charge in [-0.25, -0.2) is 0 Å². The van der Waals surface area contributed by atoms with Gasteiger partial charge in [0.25, 0.3) is 0 Å². The molecule has 10 heteroatoms. The maximum absolute atomic E-state index is 13.4. The summed E-state index contributed by atoms with van der Waals surface area (Å²) in [4.78, 5) is 29.0. The molecule has 1 saturated heterocycles. The maximum Gasteiger partial charge on any atom is 0.228 e. The topological polar surface area (TPSA) is 127 Å². The summed E-state index contributed by atoms with van der Waals surface area (Å²) in [6, 6.07) is 13.3. The van der Waals surface area contributed by atoms with Crippen molar-refractivity contribution in [1.82, 2.24) is 30.4 Å². The van der Waals surface area contributed by atoms with E-state index < -0.39 is 0 Å². The van der Waals surface area contributed by atoms with Crippen LogP contribution in [0.2, 0.25) is 0 Å². The molecule has 0 spiro atoms. The number of nitrogens with one attached hydrogen (secondary N) is 2. The van der Waals surface area contributed by atoms with Crippen molar-refractivity contribution >= 4 is 17.5 Å². The Morgan fingerprint density at radius 1 is 1.29 bits per heavy atom. The quantitative estimate of drug-likeness (QED) is 0.482. The third-order valence-corrected chi connectivity index (χ3v) is 6.57. The van der Waals surface area contributed by atoms with E-state index in [1.807, 2.05) is 49.5 Å². The molecular formula is C24H27N7O3. The summed E-state index contributed by atoms with van der Waals surface area (Å²) in [6.07, 6.45) is 0.996. The number of rotatable bonds is 7. The Balaban J connectivity index is 1.38. The Hall–Kier alpha value is -3.63. The average molecular weight is 462 g/mol. The SMILES string of the molecule is CN(C(=O)Cc1ccc2c(c1)NC(=O)C2)[C@H](CN1CC[C@H](O)C1)c1cccc(-c2nn[nH]n2)c1. The van der Waals surface area contributed by atoms with Crippen LogP contribution in [-0.2, 0) is 22.4 Å². The Morgan fingerprint density at radius 2 is 2.18 bits per heavy atom. The largest absolute Gasteiger partial charge is 0.392 e. The third-order valence-electron chi connectivity index (χ3n) is 6.57. The van der Waals surface area contributed by atoms with Crippen LogP contribution in [-0.4, -0.2) is 80.1 Å². The van der Waals surface area contributed by atoms with Gasteiger partial charge in [0.05, 0.1) is 25.0 Å². The summed E-state index contributed by atoms with van der Waals surface area (Å²) in [5.41, 5.74) is 4.37. The first kappa shape index (κ1) is 22.2. The van der Waals surface area contributed by atoms with Crippen LogP contribution in [0.25, 0.3) is 11.4 Å². The van der Waals surface area contributed by atoms with Crippen molar-refractivity contribution < 1.29 is 14.7 Å². The second-order valence-corrected chi connectivity index (χ2v) is 8.98. The molecule has 1 aromatic heterocycles. The van der Waals surface area contributed by atoms with Gasteiger partial charge in [0.1, 0.15) is 0 Å². The lowest BCUT2D eigenvalue weighted by Crippen LogP contribution is -2.39. The fourth-order valence-corrected chi connectivity index (χ4v) is 4.69. The second-order valence-electron chi connectivity index (χ2n) is 8.98. The van der Waals surface area contributed by atoms with Gasteiger partial charge >= 0.3 is 0 Å². The molecule has 2 aliphatic heterocycles. The minimum atomic E-state index is -0.339. The van der Waals surface area contributed by atoms with Gasteiger partial charge in [0.15, 0.2) is 0 Å². The molecule has 2 aromatic carbocycles.